The molecule has 0 saturated carbocycles. The summed E-state index contributed by atoms with van der Waals surface area (Å²) in [7, 11) is -2.50. The lowest BCUT2D eigenvalue weighted by molar-refractivity contribution is 0.102. The predicted octanol–water partition coefficient (Wildman–Crippen LogP) is 5.09. The third-order valence-electron chi connectivity index (χ3n) is 4.41. The van der Waals surface area contributed by atoms with Crippen LogP contribution in [-0.2, 0) is 10.1 Å². The SMILES string of the molecule is COc1ccc(S(=O)(=O)Oc2cc(C)c(NC(=O)c3ccc(Br)cc3)c(C)c2)cc1. The van der Waals surface area contributed by atoms with Crippen molar-refractivity contribution in [2.75, 3.05) is 12.4 Å². The molecule has 0 heterocycles. The number of carbonyl (C=O) groups is 1. The molecule has 8 heteroatoms. The highest BCUT2D eigenvalue weighted by molar-refractivity contribution is 9.10. The molecule has 0 aromatic heterocycles. The van der Waals surface area contributed by atoms with E-state index in [4.69, 9.17) is 8.92 Å². The molecule has 0 unspecified atom stereocenters. The lowest BCUT2D eigenvalue weighted by Crippen LogP contribution is -2.14. The largest absolute Gasteiger partial charge is 0.497 e. The number of aryl methyl sites for hydroxylation is 2. The third kappa shape index (κ3) is 5.01. The molecule has 0 bridgehead atoms. The van der Waals surface area contributed by atoms with Crippen molar-refractivity contribution in [3.8, 4) is 11.5 Å². The number of anilines is 1. The molecule has 3 aromatic rings. The van der Waals surface area contributed by atoms with Gasteiger partial charge in [0.2, 0.25) is 0 Å². The maximum atomic E-state index is 12.6. The average molecular weight is 490 g/mol. The van der Waals surface area contributed by atoms with Crippen molar-refractivity contribution in [2.45, 2.75) is 18.7 Å². The summed E-state index contributed by atoms with van der Waals surface area (Å²) in [6, 6.07) is 16.1. The third-order valence-corrected chi connectivity index (χ3v) is 6.20. The van der Waals surface area contributed by atoms with Gasteiger partial charge in [-0.1, -0.05) is 15.9 Å². The maximum Gasteiger partial charge on any atom is 0.339 e. The molecular weight excluding hydrogens is 470 g/mol. The van der Waals surface area contributed by atoms with E-state index in [9.17, 15) is 13.2 Å². The molecule has 0 radical (unpaired) electrons. The highest BCUT2D eigenvalue weighted by Crippen LogP contribution is 2.29. The average Bonchev–Trinajstić information content (AvgIpc) is 2.71. The molecule has 1 N–H and O–H groups in total. The van der Waals surface area contributed by atoms with Crippen LogP contribution in [0, 0.1) is 13.8 Å². The Morgan fingerprint density at radius 2 is 1.47 bits per heavy atom. The van der Waals surface area contributed by atoms with Crippen LogP contribution in [0.3, 0.4) is 0 Å². The Labute approximate surface area is 184 Å². The van der Waals surface area contributed by atoms with Crippen LogP contribution in [0.25, 0.3) is 0 Å². The topological polar surface area (TPSA) is 81.7 Å². The first-order valence-corrected chi connectivity index (χ1v) is 11.2. The van der Waals surface area contributed by atoms with Gasteiger partial charge in [-0.25, -0.2) is 0 Å². The van der Waals surface area contributed by atoms with Gasteiger partial charge in [0.25, 0.3) is 5.91 Å². The molecule has 0 aliphatic heterocycles. The molecule has 0 saturated heterocycles. The van der Waals surface area contributed by atoms with E-state index >= 15 is 0 Å². The highest BCUT2D eigenvalue weighted by atomic mass is 79.9. The van der Waals surface area contributed by atoms with Crippen LogP contribution in [0.2, 0.25) is 0 Å². The van der Waals surface area contributed by atoms with Gasteiger partial charge in [0.1, 0.15) is 16.4 Å². The van der Waals surface area contributed by atoms with Gasteiger partial charge in [0, 0.05) is 15.7 Å². The van der Waals surface area contributed by atoms with E-state index in [1.807, 2.05) is 0 Å². The van der Waals surface area contributed by atoms with Crippen molar-refractivity contribution >= 4 is 37.6 Å². The Balaban J connectivity index is 1.81. The van der Waals surface area contributed by atoms with Crippen LogP contribution in [0.1, 0.15) is 21.5 Å². The Hall–Kier alpha value is -2.84. The van der Waals surface area contributed by atoms with Crippen molar-refractivity contribution in [3.63, 3.8) is 0 Å². The minimum atomic E-state index is -4.00. The first kappa shape index (κ1) is 21.9. The number of hydrogen-bond donors (Lipinski definition) is 1. The van der Waals surface area contributed by atoms with E-state index in [0.717, 1.165) is 4.47 Å². The minimum absolute atomic E-state index is 0.0197. The molecule has 1 amide bonds. The van der Waals surface area contributed by atoms with Crippen LogP contribution in [0.5, 0.6) is 11.5 Å². The number of rotatable bonds is 6. The van der Waals surface area contributed by atoms with E-state index in [-0.39, 0.29) is 16.6 Å². The maximum absolute atomic E-state index is 12.6. The lowest BCUT2D eigenvalue weighted by Gasteiger charge is -2.15. The van der Waals surface area contributed by atoms with E-state index in [1.54, 1.807) is 62.4 Å². The molecule has 0 aliphatic carbocycles. The van der Waals surface area contributed by atoms with Crippen LogP contribution in [0.4, 0.5) is 5.69 Å². The number of halogens is 1. The summed E-state index contributed by atoms with van der Waals surface area (Å²) < 4.78 is 36.3. The van der Waals surface area contributed by atoms with Crippen molar-refractivity contribution in [1.82, 2.24) is 0 Å². The van der Waals surface area contributed by atoms with Crippen LogP contribution in [-0.4, -0.2) is 21.4 Å². The van der Waals surface area contributed by atoms with Gasteiger partial charge in [-0.15, -0.1) is 0 Å². The van der Waals surface area contributed by atoms with Crippen LogP contribution >= 0.6 is 15.9 Å². The van der Waals surface area contributed by atoms with Gasteiger partial charge in [0.05, 0.1) is 7.11 Å². The fourth-order valence-electron chi connectivity index (χ4n) is 2.87. The number of nitrogens with one attached hydrogen (secondary N) is 1. The van der Waals surface area contributed by atoms with Gasteiger partial charge in [0.15, 0.2) is 0 Å². The van der Waals surface area contributed by atoms with Crippen LogP contribution < -0.4 is 14.2 Å². The Morgan fingerprint density at radius 1 is 0.900 bits per heavy atom. The van der Waals surface area contributed by atoms with Gasteiger partial charge >= 0.3 is 10.1 Å². The predicted molar refractivity (Wildman–Crippen MR) is 119 cm³/mol. The zero-order valence-electron chi connectivity index (χ0n) is 16.6. The molecule has 0 atom stereocenters. The Bertz CT molecular complexity index is 1150. The quantitative estimate of drug-likeness (QED) is 0.487. The summed E-state index contributed by atoms with van der Waals surface area (Å²) in [6.45, 7) is 3.55. The van der Waals surface area contributed by atoms with Crippen molar-refractivity contribution in [3.05, 3.63) is 81.8 Å². The number of benzene rings is 3. The molecular formula is C22H20BrNO5S. The normalized spacial score (nSPS) is 11.1. The van der Waals surface area contributed by atoms with Gasteiger partial charge in [-0.05, 0) is 85.6 Å². The summed E-state index contributed by atoms with van der Waals surface area (Å²) >= 11 is 3.34. The first-order chi connectivity index (χ1) is 14.2. The zero-order valence-corrected chi connectivity index (χ0v) is 19.0. The summed E-state index contributed by atoms with van der Waals surface area (Å²) in [4.78, 5) is 12.5. The molecule has 3 aromatic carbocycles. The second-order valence-electron chi connectivity index (χ2n) is 6.61. The van der Waals surface area contributed by atoms with Crippen LogP contribution in [0.15, 0.2) is 70.0 Å². The Morgan fingerprint density at radius 3 is 2.00 bits per heavy atom. The summed E-state index contributed by atoms with van der Waals surface area (Å²) in [5.41, 5.74) is 2.48. The van der Waals surface area contributed by atoms with Crippen molar-refractivity contribution in [2.24, 2.45) is 0 Å². The fraction of sp³-hybridized carbons (Fsp3) is 0.136. The molecule has 6 nitrogen and oxygen atoms in total. The molecule has 30 heavy (non-hydrogen) atoms. The lowest BCUT2D eigenvalue weighted by atomic mass is 10.1. The van der Waals surface area contributed by atoms with Gasteiger partial charge in [-0.3, -0.25) is 4.79 Å². The Kier molecular flexibility index (Phi) is 6.48. The molecule has 3 rings (SSSR count). The molecule has 0 fully saturated rings. The minimum Gasteiger partial charge on any atom is -0.497 e. The molecule has 0 spiro atoms. The fourth-order valence-corrected chi connectivity index (χ4v) is 4.05. The summed E-state index contributed by atoms with van der Waals surface area (Å²) in [5, 5.41) is 2.88. The summed E-state index contributed by atoms with van der Waals surface area (Å²) in [5.74, 6) is 0.460. The standard InChI is InChI=1S/C22H20BrNO5S/c1-14-12-19(29-30(26,27)20-10-8-18(28-3)9-11-20)13-15(2)21(14)24-22(25)16-4-6-17(23)7-5-16/h4-13H,1-3H3,(H,24,25). The second-order valence-corrected chi connectivity index (χ2v) is 9.07. The summed E-state index contributed by atoms with van der Waals surface area (Å²) in [6.07, 6.45) is 0. The van der Waals surface area contributed by atoms with E-state index in [1.165, 1.54) is 19.2 Å². The van der Waals surface area contributed by atoms with E-state index in [0.29, 0.717) is 28.1 Å². The van der Waals surface area contributed by atoms with Crippen molar-refractivity contribution < 1.29 is 22.1 Å². The zero-order chi connectivity index (χ0) is 21.9. The molecule has 156 valence electrons. The van der Waals surface area contributed by atoms with Gasteiger partial charge < -0.3 is 14.2 Å². The highest BCUT2D eigenvalue weighted by Gasteiger charge is 2.19. The smallest absolute Gasteiger partial charge is 0.339 e. The second kappa shape index (κ2) is 8.89. The first-order valence-electron chi connectivity index (χ1n) is 8.96. The number of hydrogen-bond acceptors (Lipinski definition) is 5. The number of ether oxygens (including phenoxy) is 1. The molecule has 0 aliphatic rings. The van der Waals surface area contributed by atoms with Crippen molar-refractivity contribution in [1.29, 1.82) is 0 Å². The van der Waals surface area contributed by atoms with E-state index in [2.05, 4.69) is 21.2 Å². The van der Waals surface area contributed by atoms with Gasteiger partial charge in [-0.2, -0.15) is 8.42 Å². The number of methoxy groups -OCH3 is 1. The monoisotopic (exact) mass is 489 g/mol. The number of carbonyl (C=O) groups excluding carboxylic acids is 1. The van der Waals surface area contributed by atoms with E-state index < -0.39 is 10.1 Å². The number of amides is 1.